The summed E-state index contributed by atoms with van der Waals surface area (Å²) in [5.41, 5.74) is 9.14. The molecule has 34 heavy (non-hydrogen) atoms. The molecule has 3 heterocycles. The maximum atomic E-state index is 9.75. The molecule has 178 valence electrons. The van der Waals surface area contributed by atoms with Crippen LogP contribution in [0.15, 0.2) is 36.7 Å². The Morgan fingerprint density at radius 3 is 2.68 bits per heavy atom. The van der Waals surface area contributed by atoms with E-state index in [1.54, 1.807) is 25.3 Å². The van der Waals surface area contributed by atoms with Gasteiger partial charge in [0.2, 0.25) is 0 Å². The number of methoxy groups -OCH3 is 1. The molecule has 10 heteroatoms. The number of nitrogens with zero attached hydrogens (tertiary/aromatic N) is 3. The van der Waals surface area contributed by atoms with E-state index in [1.165, 1.54) is 13.3 Å². The maximum Gasteiger partial charge on any atom is 0.162 e. The molecule has 4 N–H and O–H groups in total. The Kier molecular flexibility index (Phi) is 7.11. The van der Waals surface area contributed by atoms with Crippen LogP contribution in [0.5, 0.6) is 11.5 Å². The molecule has 0 aliphatic carbocycles. The molecule has 1 aliphatic heterocycles. The van der Waals surface area contributed by atoms with Crippen molar-refractivity contribution in [2.75, 3.05) is 30.8 Å². The second-order valence-electron chi connectivity index (χ2n) is 8.03. The van der Waals surface area contributed by atoms with Crippen molar-refractivity contribution in [1.82, 2.24) is 9.97 Å². The van der Waals surface area contributed by atoms with Crippen LogP contribution in [-0.4, -0.2) is 47.1 Å². The number of nitrogen functional groups attached to an aromatic ring is 1. The topological polar surface area (TPSA) is 118 Å². The number of pyridine rings is 2. The first-order chi connectivity index (χ1) is 16.3. The standard InChI is InChI=1S/C24H25Cl2N5O3/c1-13-23(26)17(18(25)10-29-13)12-34-21-7-16(19(27)8-20(21)33-2)24(28)14-3-4-22(30-9-14)31-6-5-15(32)11-31/h3-4,7-10,15,28,32H,5-6,11-12,27H2,1-2H3. The molecule has 1 aliphatic rings. The summed E-state index contributed by atoms with van der Waals surface area (Å²) in [6.45, 7) is 3.19. The first-order valence-electron chi connectivity index (χ1n) is 10.7. The van der Waals surface area contributed by atoms with Gasteiger partial charge in [0.15, 0.2) is 11.5 Å². The zero-order chi connectivity index (χ0) is 24.4. The summed E-state index contributed by atoms with van der Waals surface area (Å²) in [5, 5.41) is 19.3. The smallest absolute Gasteiger partial charge is 0.162 e. The van der Waals surface area contributed by atoms with Crippen LogP contribution in [-0.2, 0) is 6.61 Å². The van der Waals surface area contributed by atoms with Crippen molar-refractivity contribution in [1.29, 1.82) is 5.41 Å². The molecule has 3 aromatic rings. The van der Waals surface area contributed by atoms with E-state index in [1.807, 2.05) is 17.0 Å². The predicted octanol–water partition coefficient (Wildman–Crippen LogP) is 4.25. The lowest BCUT2D eigenvalue weighted by molar-refractivity contribution is 0.198. The second kappa shape index (κ2) is 10.0. The Labute approximate surface area is 207 Å². The molecule has 1 saturated heterocycles. The second-order valence-corrected chi connectivity index (χ2v) is 8.82. The van der Waals surface area contributed by atoms with E-state index in [9.17, 15) is 5.11 Å². The SMILES string of the molecule is COc1cc(N)c(C(=N)c2ccc(N3CCC(O)C3)nc2)cc1OCc1c(Cl)cnc(C)c1Cl. The van der Waals surface area contributed by atoms with Gasteiger partial charge in [0.1, 0.15) is 12.4 Å². The van der Waals surface area contributed by atoms with Crippen molar-refractivity contribution in [2.45, 2.75) is 26.1 Å². The fourth-order valence-corrected chi connectivity index (χ4v) is 4.24. The molecule has 0 saturated carbocycles. The first kappa shape index (κ1) is 24.1. The van der Waals surface area contributed by atoms with Gasteiger partial charge < -0.3 is 25.2 Å². The van der Waals surface area contributed by atoms with E-state index in [-0.39, 0.29) is 18.4 Å². The monoisotopic (exact) mass is 501 g/mol. The number of nitrogens with one attached hydrogen (secondary N) is 1. The Morgan fingerprint density at radius 2 is 2.03 bits per heavy atom. The number of nitrogens with two attached hydrogens (primary N) is 1. The number of ether oxygens (including phenoxy) is 2. The summed E-state index contributed by atoms with van der Waals surface area (Å²) in [6, 6.07) is 6.94. The van der Waals surface area contributed by atoms with Crippen molar-refractivity contribution in [3.8, 4) is 11.5 Å². The van der Waals surface area contributed by atoms with E-state index in [4.69, 9.17) is 43.8 Å². The van der Waals surface area contributed by atoms with Gasteiger partial charge in [-0.25, -0.2) is 4.98 Å². The first-order valence-corrected chi connectivity index (χ1v) is 11.4. The van der Waals surface area contributed by atoms with Gasteiger partial charge >= 0.3 is 0 Å². The number of aromatic nitrogens is 2. The van der Waals surface area contributed by atoms with Crippen molar-refractivity contribution < 1.29 is 14.6 Å². The highest BCUT2D eigenvalue weighted by molar-refractivity contribution is 6.36. The largest absolute Gasteiger partial charge is 0.493 e. The van der Waals surface area contributed by atoms with Crippen molar-refractivity contribution in [3.05, 3.63) is 69.1 Å². The third-order valence-corrected chi connectivity index (χ3v) is 6.57. The molecule has 1 unspecified atom stereocenters. The summed E-state index contributed by atoms with van der Waals surface area (Å²) >= 11 is 12.6. The van der Waals surface area contributed by atoms with Crippen LogP contribution in [0.25, 0.3) is 0 Å². The number of β-amino-alcohol motifs (C(OH)–C–C–N with tert-alkyl or cyclic N) is 1. The lowest BCUT2D eigenvalue weighted by Crippen LogP contribution is -2.22. The molecule has 4 rings (SSSR count). The van der Waals surface area contributed by atoms with E-state index in [0.29, 0.717) is 56.2 Å². The highest BCUT2D eigenvalue weighted by Gasteiger charge is 2.22. The van der Waals surface area contributed by atoms with Crippen LogP contribution in [0.2, 0.25) is 10.0 Å². The molecule has 1 atom stereocenters. The quantitative estimate of drug-likeness (QED) is 0.327. The molecular formula is C24H25Cl2N5O3. The molecule has 2 aromatic heterocycles. The zero-order valence-electron chi connectivity index (χ0n) is 18.8. The minimum Gasteiger partial charge on any atom is -0.493 e. The average molecular weight is 502 g/mol. The summed E-state index contributed by atoms with van der Waals surface area (Å²) < 4.78 is 11.4. The average Bonchev–Trinajstić information content (AvgIpc) is 3.28. The van der Waals surface area contributed by atoms with Gasteiger partial charge in [0.25, 0.3) is 0 Å². The van der Waals surface area contributed by atoms with Crippen molar-refractivity contribution >= 4 is 40.4 Å². The van der Waals surface area contributed by atoms with Crippen molar-refractivity contribution in [3.63, 3.8) is 0 Å². The highest BCUT2D eigenvalue weighted by Crippen LogP contribution is 2.35. The van der Waals surface area contributed by atoms with Gasteiger partial charge in [0, 0.05) is 53.9 Å². The maximum absolute atomic E-state index is 9.75. The molecule has 1 aromatic carbocycles. The number of benzene rings is 1. The fraction of sp³-hybridized carbons (Fsp3) is 0.292. The number of aliphatic hydroxyl groups excluding tert-OH is 1. The number of rotatable bonds is 7. The number of anilines is 2. The van der Waals surface area contributed by atoms with Gasteiger partial charge in [-0.2, -0.15) is 0 Å². The van der Waals surface area contributed by atoms with Crippen LogP contribution in [0.1, 0.15) is 28.8 Å². The fourth-order valence-electron chi connectivity index (χ4n) is 3.78. The lowest BCUT2D eigenvalue weighted by atomic mass is 10.0. The molecule has 8 nitrogen and oxygen atoms in total. The third kappa shape index (κ3) is 4.89. The van der Waals surface area contributed by atoms with Gasteiger partial charge in [-0.15, -0.1) is 0 Å². The Hall–Kier alpha value is -3.07. The van der Waals surface area contributed by atoms with Gasteiger partial charge in [-0.1, -0.05) is 23.2 Å². The lowest BCUT2D eigenvalue weighted by Gasteiger charge is -2.18. The van der Waals surface area contributed by atoms with Crippen LogP contribution in [0, 0.1) is 12.3 Å². The molecule has 0 radical (unpaired) electrons. The molecule has 0 amide bonds. The summed E-state index contributed by atoms with van der Waals surface area (Å²) in [4.78, 5) is 10.6. The summed E-state index contributed by atoms with van der Waals surface area (Å²) in [6.07, 6.45) is 3.55. The van der Waals surface area contributed by atoms with E-state index in [2.05, 4.69) is 9.97 Å². The van der Waals surface area contributed by atoms with Gasteiger partial charge in [-0.3, -0.25) is 10.4 Å². The number of aryl methyl sites for hydroxylation is 1. The number of aliphatic hydroxyl groups is 1. The van der Waals surface area contributed by atoms with Gasteiger partial charge in [0.05, 0.1) is 34.7 Å². The van der Waals surface area contributed by atoms with E-state index < -0.39 is 0 Å². The Bertz CT molecular complexity index is 1220. The molecule has 0 bridgehead atoms. The van der Waals surface area contributed by atoms with E-state index in [0.717, 1.165) is 18.8 Å². The van der Waals surface area contributed by atoms with Crippen LogP contribution >= 0.6 is 23.2 Å². The normalized spacial score (nSPS) is 15.4. The summed E-state index contributed by atoms with van der Waals surface area (Å²) in [7, 11) is 1.51. The van der Waals surface area contributed by atoms with Crippen molar-refractivity contribution in [2.24, 2.45) is 0 Å². The molecule has 0 spiro atoms. The minimum atomic E-state index is -0.335. The third-order valence-electron chi connectivity index (χ3n) is 5.74. The van der Waals surface area contributed by atoms with Crippen LogP contribution in [0.4, 0.5) is 11.5 Å². The number of hydrogen-bond acceptors (Lipinski definition) is 8. The Morgan fingerprint density at radius 1 is 1.24 bits per heavy atom. The highest BCUT2D eigenvalue weighted by atomic mass is 35.5. The number of halogens is 2. The van der Waals surface area contributed by atoms with Gasteiger partial charge in [-0.05, 0) is 31.5 Å². The zero-order valence-corrected chi connectivity index (χ0v) is 20.3. The summed E-state index contributed by atoms with van der Waals surface area (Å²) in [5.74, 6) is 1.59. The molecular weight excluding hydrogens is 477 g/mol. The molecule has 1 fully saturated rings. The van der Waals surface area contributed by atoms with E-state index >= 15 is 0 Å². The van der Waals surface area contributed by atoms with Crippen LogP contribution in [0.3, 0.4) is 0 Å². The predicted molar refractivity (Wildman–Crippen MR) is 134 cm³/mol. The number of hydrogen-bond donors (Lipinski definition) is 3. The van der Waals surface area contributed by atoms with Crippen LogP contribution < -0.4 is 20.1 Å². The Balaban J connectivity index is 1.58. The minimum absolute atomic E-state index is 0.0893.